The summed E-state index contributed by atoms with van der Waals surface area (Å²) in [7, 11) is 0. The van der Waals surface area contributed by atoms with Crippen LogP contribution in [-0.2, 0) is 16.0 Å². The number of imidazole rings is 1. The predicted molar refractivity (Wildman–Crippen MR) is 72.4 cm³/mol. The van der Waals surface area contributed by atoms with Crippen molar-refractivity contribution in [2.45, 2.75) is 12.5 Å². The van der Waals surface area contributed by atoms with E-state index in [-0.39, 0.29) is 12.3 Å². The third-order valence-corrected chi connectivity index (χ3v) is 4.75. The van der Waals surface area contributed by atoms with E-state index in [0.29, 0.717) is 17.3 Å². The van der Waals surface area contributed by atoms with Crippen molar-refractivity contribution in [3.05, 3.63) is 23.5 Å². The van der Waals surface area contributed by atoms with E-state index in [9.17, 15) is 9.59 Å². The van der Waals surface area contributed by atoms with Crippen molar-refractivity contribution in [1.29, 1.82) is 0 Å². The zero-order chi connectivity index (χ0) is 13.4. The number of amides is 1. The molecule has 1 aliphatic rings. The molecule has 1 unspecified atom stereocenters. The van der Waals surface area contributed by atoms with Crippen LogP contribution in [0.25, 0.3) is 4.96 Å². The molecule has 1 amide bonds. The van der Waals surface area contributed by atoms with Gasteiger partial charge < -0.3 is 10.0 Å². The van der Waals surface area contributed by atoms with Gasteiger partial charge in [0, 0.05) is 23.5 Å². The summed E-state index contributed by atoms with van der Waals surface area (Å²) >= 11 is 2.97. The van der Waals surface area contributed by atoms with Gasteiger partial charge in [0.25, 0.3) is 0 Å². The molecular formula is C11H11N3O3S2. The van der Waals surface area contributed by atoms with Crippen LogP contribution in [0.1, 0.15) is 5.69 Å². The van der Waals surface area contributed by atoms with Crippen LogP contribution >= 0.6 is 23.1 Å². The van der Waals surface area contributed by atoms with E-state index in [1.54, 1.807) is 0 Å². The van der Waals surface area contributed by atoms with E-state index in [4.69, 9.17) is 5.11 Å². The van der Waals surface area contributed by atoms with E-state index in [1.165, 1.54) is 28.0 Å². The first-order valence-electron chi connectivity index (χ1n) is 5.66. The quantitative estimate of drug-likeness (QED) is 0.912. The first-order chi connectivity index (χ1) is 9.15. The maximum Gasteiger partial charge on any atom is 0.327 e. The number of carbonyl (C=O) groups excluding carboxylic acids is 1. The lowest BCUT2D eigenvalue weighted by Gasteiger charge is -2.19. The number of rotatable bonds is 3. The lowest BCUT2D eigenvalue weighted by atomic mass is 10.2. The van der Waals surface area contributed by atoms with Crippen molar-refractivity contribution in [3.63, 3.8) is 0 Å². The summed E-state index contributed by atoms with van der Waals surface area (Å²) < 4.78 is 1.86. The number of aliphatic carboxylic acids is 1. The topological polar surface area (TPSA) is 74.9 Å². The van der Waals surface area contributed by atoms with Gasteiger partial charge in [-0.25, -0.2) is 9.78 Å². The van der Waals surface area contributed by atoms with Crippen LogP contribution in [0.15, 0.2) is 17.8 Å². The number of aromatic nitrogens is 2. The highest BCUT2D eigenvalue weighted by Crippen LogP contribution is 2.22. The average Bonchev–Trinajstić information content (AvgIpc) is 3.01. The minimum Gasteiger partial charge on any atom is -0.480 e. The van der Waals surface area contributed by atoms with Crippen molar-refractivity contribution in [2.24, 2.45) is 0 Å². The molecule has 0 radical (unpaired) electrons. The Morgan fingerprint density at radius 2 is 2.37 bits per heavy atom. The molecule has 8 heteroatoms. The van der Waals surface area contributed by atoms with Crippen molar-refractivity contribution >= 4 is 39.9 Å². The van der Waals surface area contributed by atoms with Gasteiger partial charge in [-0.15, -0.1) is 23.1 Å². The number of carbonyl (C=O) groups is 2. The summed E-state index contributed by atoms with van der Waals surface area (Å²) in [5.41, 5.74) is 0.679. The molecule has 3 rings (SSSR count). The second-order valence-electron chi connectivity index (χ2n) is 4.22. The lowest BCUT2D eigenvalue weighted by Crippen LogP contribution is -2.42. The maximum absolute atomic E-state index is 12.1. The van der Waals surface area contributed by atoms with Gasteiger partial charge in [0.1, 0.15) is 6.04 Å². The van der Waals surface area contributed by atoms with Crippen LogP contribution in [0.2, 0.25) is 0 Å². The Morgan fingerprint density at radius 3 is 3.11 bits per heavy atom. The number of hydrogen-bond acceptors (Lipinski definition) is 5. The van der Waals surface area contributed by atoms with Crippen molar-refractivity contribution < 1.29 is 14.7 Å². The van der Waals surface area contributed by atoms with Gasteiger partial charge >= 0.3 is 5.97 Å². The number of nitrogens with zero attached hydrogens (tertiary/aromatic N) is 3. The molecule has 0 aliphatic carbocycles. The van der Waals surface area contributed by atoms with Gasteiger partial charge in [0.2, 0.25) is 5.91 Å². The lowest BCUT2D eigenvalue weighted by molar-refractivity contribution is -0.147. The fourth-order valence-electron chi connectivity index (χ4n) is 2.01. The van der Waals surface area contributed by atoms with Gasteiger partial charge in [-0.2, -0.15) is 0 Å². The van der Waals surface area contributed by atoms with E-state index in [0.717, 1.165) is 4.96 Å². The highest BCUT2D eigenvalue weighted by atomic mass is 32.2. The molecule has 1 N–H and O–H groups in total. The third-order valence-electron chi connectivity index (χ3n) is 2.96. The van der Waals surface area contributed by atoms with Crippen molar-refractivity contribution in [1.82, 2.24) is 14.3 Å². The molecular weight excluding hydrogens is 286 g/mol. The second-order valence-corrected chi connectivity index (χ2v) is 6.09. The average molecular weight is 297 g/mol. The van der Waals surface area contributed by atoms with E-state index in [2.05, 4.69) is 4.98 Å². The molecule has 0 bridgehead atoms. The summed E-state index contributed by atoms with van der Waals surface area (Å²) in [4.78, 5) is 29.8. The normalized spacial score (nSPS) is 19.2. The molecule has 0 spiro atoms. The molecule has 0 saturated carbocycles. The zero-order valence-electron chi connectivity index (χ0n) is 9.85. The van der Waals surface area contributed by atoms with Crippen LogP contribution < -0.4 is 0 Å². The summed E-state index contributed by atoms with van der Waals surface area (Å²) in [6.45, 7) is 0. The largest absolute Gasteiger partial charge is 0.480 e. The fraction of sp³-hybridized carbons (Fsp3) is 0.364. The molecule has 1 aliphatic heterocycles. The highest BCUT2D eigenvalue weighted by Gasteiger charge is 2.34. The van der Waals surface area contributed by atoms with Crippen molar-refractivity contribution in [3.8, 4) is 0 Å². The number of thiazole rings is 1. The summed E-state index contributed by atoms with van der Waals surface area (Å²) in [6.07, 6.45) is 3.84. The van der Waals surface area contributed by atoms with Gasteiger partial charge in [-0.3, -0.25) is 9.20 Å². The predicted octanol–water partition coefficient (Wildman–Crippen LogP) is 0.924. The molecule has 100 valence electrons. The monoisotopic (exact) mass is 297 g/mol. The number of thioether (sulfide) groups is 1. The summed E-state index contributed by atoms with van der Waals surface area (Å²) in [6, 6.07) is -0.707. The highest BCUT2D eigenvalue weighted by molar-refractivity contribution is 7.99. The van der Waals surface area contributed by atoms with Crippen LogP contribution in [-0.4, -0.2) is 48.9 Å². The van der Waals surface area contributed by atoms with E-state index >= 15 is 0 Å². The Labute approximate surface area is 117 Å². The van der Waals surface area contributed by atoms with Crippen LogP contribution in [0, 0.1) is 0 Å². The number of carboxylic acid groups (broad SMARTS) is 1. The van der Waals surface area contributed by atoms with Gasteiger partial charge in [-0.1, -0.05) is 0 Å². The summed E-state index contributed by atoms with van der Waals surface area (Å²) in [5.74, 6) is -0.218. The minimum atomic E-state index is -0.941. The molecule has 1 saturated heterocycles. The van der Waals surface area contributed by atoms with E-state index in [1.807, 2.05) is 22.2 Å². The Balaban J connectivity index is 1.74. The standard InChI is InChI=1S/C11H11N3O3S2/c15-9(14-6-18-5-8(14)10(16)17)3-7-4-13-1-2-19-11(13)12-7/h1-2,4,8H,3,5-6H2,(H,16,17). The Bertz CT molecular complexity index is 607. The summed E-state index contributed by atoms with van der Waals surface area (Å²) in [5, 5.41) is 11.0. The third kappa shape index (κ3) is 2.33. The molecule has 1 atom stereocenters. The smallest absolute Gasteiger partial charge is 0.327 e. The van der Waals surface area contributed by atoms with Crippen LogP contribution in [0.5, 0.6) is 0 Å². The minimum absolute atomic E-state index is 0.152. The SMILES string of the molecule is O=C(O)C1CSCN1C(=O)Cc1cn2ccsc2n1. The molecule has 6 nitrogen and oxygen atoms in total. The van der Waals surface area contributed by atoms with Gasteiger partial charge in [-0.05, 0) is 0 Å². The molecule has 2 aromatic rings. The number of hydrogen-bond donors (Lipinski definition) is 1. The first-order valence-corrected chi connectivity index (χ1v) is 7.69. The fourth-order valence-corrected chi connectivity index (χ4v) is 3.90. The molecule has 2 aromatic heterocycles. The van der Waals surface area contributed by atoms with Crippen LogP contribution in [0.4, 0.5) is 0 Å². The molecule has 3 heterocycles. The zero-order valence-corrected chi connectivity index (χ0v) is 11.5. The molecule has 19 heavy (non-hydrogen) atoms. The van der Waals surface area contributed by atoms with Crippen molar-refractivity contribution in [2.75, 3.05) is 11.6 Å². The van der Waals surface area contributed by atoms with Gasteiger partial charge in [0.05, 0.1) is 18.0 Å². The van der Waals surface area contributed by atoms with Gasteiger partial charge in [0.15, 0.2) is 4.96 Å². The number of carboxylic acids is 1. The Hall–Kier alpha value is -1.54. The molecule has 1 fully saturated rings. The molecule has 0 aromatic carbocycles. The Morgan fingerprint density at radius 1 is 1.53 bits per heavy atom. The first kappa shape index (κ1) is 12.5. The van der Waals surface area contributed by atoms with E-state index < -0.39 is 12.0 Å². The Kier molecular flexibility index (Phi) is 3.19. The second kappa shape index (κ2) is 4.86. The maximum atomic E-state index is 12.1. The number of fused-ring (bicyclic) bond motifs is 1. The van der Waals surface area contributed by atoms with Crippen LogP contribution in [0.3, 0.4) is 0 Å².